The molecule has 174 valence electrons. The number of anilines is 1. The summed E-state index contributed by atoms with van der Waals surface area (Å²) in [4.78, 5) is 30.8. The van der Waals surface area contributed by atoms with E-state index in [9.17, 15) is 4.79 Å². The number of hydrogen-bond donors (Lipinski definition) is 0. The van der Waals surface area contributed by atoms with E-state index in [0.29, 0.717) is 39.8 Å². The lowest BCUT2D eigenvalue weighted by atomic mass is 10.1. The second-order valence-corrected chi connectivity index (χ2v) is 8.50. The molecule has 4 aromatic rings. The normalized spacial score (nSPS) is 10.9. The van der Waals surface area contributed by atoms with Crippen molar-refractivity contribution in [2.45, 2.75) is 6.42 Å². The number of carbonyl (C=O) groups is 1. The van der Waals surface area contributed by atoms with Crippen LogP contribution in [0.25, 0.3) is 21.3 Å². The summed E-state index contributed by atoms with van der Waals surface area (Å²) in [6, 6.07) is 9.05. The number of benzene rings is 2. The van der Waals surface area contributed by atoms with Crippen molar-refractivity contribution in [3.63, 3.8) is 0 Å². The Kier molecular flexibility index (Phi) is 8.01. The molecule has 1 amide bonds. The fraction of sp³-hybridized carbons (Fsp3) is 0.304. The molecule has 0 bridgehead atoms. The average molecular weight is 488 g/mol. The zero-order chi connectivity index (χ0) is 22.7. The van der Waals surface area contributed by atoms with Crippen LogP contribution in [0.1, 0.15) is 16.8 Å². The second-order valence-electron chi connectivity index (χ2n) is 7.52. The van der Waals surface area contributed by atoms with Crippen LogP contribution in [0.15, 0.2) is 42.7 Å². The number of thiazole rings is 1. The van der Waals surface area contributed by atoms with Gasteiger partial charge in [0.2, 0.25) is 0 Å². The lowest BCUT2D eigenvalue weighted by molar-refractivity contribution is 0.0986. The third kappa shape index (κ3) is 5.16. The maximum Gasteiger partial charge on any atom is 0.260 e. The van der Waals surface area contributed by atoms with Crippen LogP contribution >= 0.6 is 23.7 Å². The molecule has 0 unspecified atom stereocenters. The third-order valence-electron chi connectivity index (χ3n) is 5.08. The average Bonchev–Trinajstić information content (AvgIpc) is 3.25. The van der Waals surface area contributed by atoms with E-state index in [-0.39, 0.29) is 18.3 Å². The molecule has 0 N–H and O–H groups in total. The van der Waals surface area contributed by atoms with Gasteiger partial charge in [-0.15, -0.1) is 12.4 Å². The molecule has 0 aliphatic heterocycles. The number of amides is 1. The number of methoxy groups -OCH3 is 2. The van der Waals surface area contributed by atoms with Crippen LogP contribution in [0.5, 0.6) is 11.5 Å². The first-order chi connectivity index (χ1) is 15.5. The number of fused-ring (bicyclic) bond motifs is 2. The van der Waals surface area contributed by atoms with Crippen molar-refractivity contribution in [2.75, 3.05) is 46.3 Å². The zero-order valence-electron chi connectivity index (χ0n) is 18.9. The minimum absolute atomic E-state index is 0. The minimum atomic E-state index is -0.131. The minimum Gasteiger partial charge on any atom is -0.495 e. The molecule has 0 saturated carbocycles. The predicted octanol–water partition coefficient (Wildman–Crippen LogP) is 4.28. The summed E-state index contributed by atoms with van der Waals surface area (Å²) in [5.74, 6) is 1.21. The number of aromatic nitrogens is 3. The van der Waals surface area contributed by atoms with Crippen molar-refractivity contribution >= 4 is 56.0 Å². The summed E-state index contributed by atoms with van der Waals surface area (Å²) in [6.07, 6.45) is 4.06. The van der Waals surface area contributed by atoms with Gasteiger partial charge in [0.25, 0.3) is 5.91 Å². The molecule has 8 nitrogen and oxygen atoms in total. The molecule has 2 aromatic carbocycles. The maximum absolute atomic E-state index is 13.6. The van der Waals surface area contributed by atoms with Gasteiger partial charge in [0.1, 0.15) is 21.7 Å². The third-order valence-corrected chi connectivity index (χ3v) is 6.17. The van der Waals surface area contributed by atoms with E-state index in [1.807, 2.05) is 32.3 Å². The Morgan fingerprint density at radius 2 is 1.67 bits per heavy atom. The smallest absolute Gasteiger partial charge is 0.260 e. The Morgan fingerprint density at radius 1 is 0.970 bits per heavy atom. The molecule has 0 spiro atoms. The van der Waals surface area contributed by atoms with E-state index in [1.54, 1.807) is 43.6 Å². The van der Waals surface area contributed by atoms with Crippen LogP contribution in [0.2, 0.25) is 0 Å². The lowest BCUT2D eigenvalue weighted by Crippen LogP contribution is -2.33. The van der Waals surface area contributed by atoms with Crippen molar-refractivity contribution in [3.05, 3.63) is 48.3 Å². The van der Waals surface area contributed by atoms with Gasteiger partial charge in [0, 0.05) is 24.5 Å². The highest BCUT2D eigenvalue weighted by Crippen LogP contribution is 2.40. The number of rotatable bonds is 8. The fourth-order valence-corrected chi connectivity index (χ4v) is 4.57. The molecule has 0 aliphatic carbocycles. The van der Waals surface area contributed by atoms with Gasteiger partial charge in [-0.3, -0.25) is 19.7 Å². The zero-order valence-corrected chi connectivity index (χ0v) is 20.6. The molecule has 0 radical (unpaired) electrons. The maximum atomic E-state index is 13.6. The van der Waals surface area contributed by atoms with Crippen LogP contribution in [-0.4, -0.2) is 67.2 Å². The molecule has 0 aliphatic rings. The highest BCUT2D eigenvalue weighted by atomic mass is 35.5. The van der Waals surface area contributed by atoms with Gasteiger partial charge in [-0.2, -0.15) is 0 Å². The van der Waals surface area contributed by atoms with Gasteiger partial charge in [0.15, 0.2) is 5.13 Å². The fourth-order valence-electron chi connectivity index (χ4n) is 3.47. The first-order valence-corrected chi connectivity index (χ1v) is 11.0. The van der Waals surface area contributed by atoms with Crippen molar-refractivity contribution in [3.8, 4) is 11.5 Å². The number of carbonyl (C=O) groups excluding carboxylic acids is 1. The van der Waals surface area contributed by atoms with Crippen molar-refractivity contribution in [2.24, 2.45) is 0 Å². The largest absolute Gasteiger partial charge is 0.495 e. The summed E-state index contributed by atoms with van der Waals surface area (Å²) in [5, 5.41) is 0.603. The van der Waals surface area contributed by atoms with E-state index in [1.165, 1.54) is 11.3 Å². The van der Waals surface area contributed by atoms with Gasteiger partial charge in [0.05, 0.1) is 25.3 Å². The van der Waals surface area contributed by atoms with Crippen molar-refractivity contribution < 1.29 is 14.3 Å². The summed E-state index contributed by atoms with van der Waals surface area (Å²) in [5.41, 5.74) is 2.65. The molecule has 10 heteroatoms. The number of hydrogen-bond acceptors (Lipinski definition) is 8. The van der Waals surface area contributed by atoms with Gasteiger partial charge >= 0.3 is 0 Å². The standard InChI is InChI=1S/C23H25N5O3S.ClH/c1-27(2)12-5-13-28(22(29)15-6-7-16-17(14-15)25-11-10-24-16)23-26-20-18(30-3)8-9-19(31-4)21(20)32-23;/h6-11,14H,5,12-13H2,1-4H3;1H. The second kappa shape index (κ2) is 10.7. The van der Waals surface area contributed by atoms with Crippen LogP contribution in [0.3, 0.4) is 0 Å². The first-order valence-electron chi connectivity index (χ1n) is 10.2. The van der Waals surface area contributed by atoms with Crippen LogP contribution in [0, 0.1) is 0 Å². The SMILES string of the molecule is COc1ccc(OC)c2sc(N(CCCN(C)C)C(=O)c3ccc4nccnc4c3)nc12.Cl. The molecule has 2 heterocycles. The van der Waals surface area contributed by atoms with Crippen molar-refractivity contribution in [1.82, 2.24) is 19.9 Å². The Morgan fingerprint density at radius 3 is 2.36 bits per heavy atom. The molecule has 0 saturated heterocycles. The van der Waals surface area contributed by atoms with Crippen LogP contribution in [-0.2, 0) is 0 Å². The first kappa shape index (κ1) is 24.6. The van der Waals surface area contributed by atoms with Gasteiger partial charge in [-0.1, -0.05) is 11.3 Å². The Hall–Kier alpha value is -3.01. The molecular weight excluding hydrogens is 462 g/mol. The molecular formula is C23H26ClN5O3S. The van der Waals surface area contributed by atoms with Gasteiger partial charge < -0.3 is 14.4 Å². The van der Waals surface area contributed by atoms with Crippen LogP contribution < -0.4 is 14.4 Å². The number of halogens is 1. The van der Waals surface area contributed by atoms with Crippen LogP contribution in [0.4, 0.5) is 5.13 Å². The summed E-state index contributed by atoms with van der Waals surface area (Å²) in [6.45, 7) is 1.38. The molecule has 0 fully saturated rings. The Labute approximate surface area is 202 Å². The molecule has 4 rings (SSSR count). The number of ether oxygens (including phenoxy) is 2. The molecule has 2 aromatic heterocycles. The number of nitrogens with zero attached hydrogens (tertiary/aromatic N) is 5. The van der Waals surface area contributed by atoms with E-state index in [4.69, 9.17) is 14.5 Å². The van der Waals surface area contributed by atoms with E-state index in [0.717, 1.165) is 23.2 Å². The Bertz CT molecular complexity index is 1220. The Balaban J connectivity index is 0.00000306. The predicted molar refractivity (Wildman–Crippen MR) is 134 cm³/mol. The van der Waals surface area contributed by atoms with Gasteiger partial charge in [-0.05, 0) is 57.4 Å². The summed E-state index contributed by atoms with van der Waals surface area (Å²) < 4.78 is 11.8. The lowest BCUT2D eigenvalue weighted by Gasteiger charge is -2.21. The summed E-state index contributed by atoms with van der Waals surface area (Å²) >= 11 is 1.42. The van der Waals surface area contributed by atoms with E-state index < -0.39 is 0 Å². The summed E-state index contributed by atoms with van der Waals surface area (Å²) in [7, 11) is 7.26. The topological polar surface area (TPSA) is 80.7 Å². The molecule has 0 atom stereocenters. The highest BCUT2D eigenvalue weighted by molar-refractivity contribution is 7.22. The van der Waals surface area contributed by atoms with E-state index in [2.05, 4.69) is 14.9 Å². The van der Waals surface area contributed by atoms with Gasteiger partial charge in [-0.25, -0.2) is 4.98 Å². The highest BCUT2D eigenvalue weighted by Gasteiger charge is 2.24. The quantitative estimate of drug-likeness (QED) is 0.367. The van der Waals surface area contributed by atoms with E-state index >= 15 is 0 Å². The monoisotopic (exact) mass is 487 g/mol. The van der Waals surface area contributed by atoms with Crippen molar-refractivity contribution in [1.29, 1.82) is 0 Å². The molecule has 33 heavy (non-hydrogen) atoms.